The first kappa shape index (κ1) is 14.5. The van der Waals surface area contributed by atoms with Crippen molar-refractivity contribution < 1.29 is 19.7 Å². The van der Waals surface area contributed by atoms with Crippen LogP contribution >= 0.6 is 0 Å². The van der Waals surface area contributed by atoms with E-state index in [1.807, 2.05) is 6.92 Å². The molecule has 3 aliphatic rings. The Bertz CT molecular complexity index is 409. The largest absolute Gasteiger partial charge is 0.394 e. The van der Waals surface area contributed by atoms with Gasteiger partial charge in [0, 0.05) is 17.8 Å². The van der Waals surface area contributed by atoms with Crippen molar-refractivity contribution in [2.75, 3.05) is 13.2 Å². The molecule has 20 heavy (non-hydrogen) atoms. The van der Waals surface area contributed by atoms with Crippen molar-refractivity contribution in [2.24, 2.45) is 23.2 Å². The van der Waals surface area contributed by atoms with E-state index in [1.54, 1.807) is 0 Å². The molecule has 3 saturated carbocycles. The van der Waals surface area contributed by atoms with Gasteiger partial charge in [0.15, 0.2) is 0 Å². The van der Waals surface area contributed by atoms with Gasteiger partial charge in [0.1, 0.15) is 5.78 Å². The molecule has 1 spiro atoms. The summed E-state index contributed by atoms with van der Waals surface area (Å²) in [5, 5.41) is 20.0. The molecule has 0 amide bonds. The minimum Gasteiger partial charge on any atom is -0.394 e. The number of rotatable bonds is 5. The maximum absolute atomic E-state index is 12.0. The maximum atomic E-state index is 12.0. The Morgan fingerprint density at radius 1 is 1.40 bits per heavy atom. The molecule has 3 rings (SSSR count). The molecule has 0 heterocycles. The van der Waals surface area contributed by atoms with E-state index in [2.05, 4.69) is 6.92 Å². The average molecular weight is 282 g/mol. The fourth-order valence-electron chi connectivity index (χ4n) is 5.37. The van der Waals surface area contributed by atoms with Crippen molar-refractivity contribution in [3.8, 4) is 0 Å². The molecule has 4 heteroatoms. The fraction of sp³-hybridized carbons (Fsp3) is 0.938. The Morgan fingerprint density at radius 2 is 2.15 bits per heavy atom. The third kappa shape index (κ3) is 1.74. The van der Waals surface area contributed by atoms with E-state index in [4.69, 9.17) is 9.84 Å². The Morgan fingerprint density at radius 3 is 2.75 bits per heavy atom. The number of ketones is 1. The second-order valence-electron chi connectivity index (χ2n) is 7.15. The first-order valence-electron chi connectivity index (χ1n) is 7.95. The molecule has 3 fully saturated rings. The molecule has 0 saturated heterocycles. The summed E-state index contributed by atoms with van der Waals surface area (Å²) in [7, 11) is 0. The molecule has 6 unspecified atom stereocenters. The zero-order valence-electron chi connectivity index (χ0n) is 12.5. The molecule has 0 aliphatic heterocycles. The van der Waals surface area contributed by atoms with Crippen LogP contribution in [0, 0.1) is 23.2 Å². The Balaban J connectivity index is 1.76. The van der Waals surface area contributed by atoms with Gasteiger partial charge in [-0.15, -0.1) is 0 Å². The summed E-state index contributed by atoms with van der Waals surface area (Å²) in [6, 6.07) is 0. The first-order valence-corrected chi connectivity index (χ1v) is 7.95. The number of hydrogen-bond donors (Lipinski definition) is 2. The first-order chi connectivity index (χ1) is 9.47. The maximum Gasteiger partial charge on any atom is 0.137 e. The lowest BCUT2D eigenvalue weighted by molar-refractivity contribution is -0.157. The third-order valence-electron chi connectivity index (χ3n) is 6.32. The van der Waals surface area contributed by atoms with E-state index in [0.717, 1.165) is 25.7 Å². The van der Waals surface area contributed by atoms with Crippen molar-refractivity contribution in [3.05, 3.63) is 0 Å². The summed E-state index contributed by atoms with van der Waals surface area (Å²) in [6.45, 7) is 4.53. The van der Waals surface area contributed by atoms with Crippen LogP contribution in [0.3, 0.4) is 0 Å². The SMILES string of the molecule is CCC1CC2(O)CC(C(C)OCCO)CC23CC(=O)C13. The van der Waals surface area contributed by atoms with Gasteiger partial charge in [-0.2, -0.15) is 0 Å². The van der Waals surface area contributed by atoms with Crippen LogP contribution in [-0.4, -0.2) is 40.9 Å². The van der Waals surface area contributed by atoms with E-state index >= 15 is 0 Å². The Labute approximate surface area is 120 Å². The van der Waals surface area contributed by atoms with Gasteiger partial charge in [0.2, 0.25) is 0 Å². The van der Waals surface area contributed by atoms with Crippen LogP contribution in [0.4, 0.5) is 0 Å². The van der Waals surface area contributed by atoms with Gasteiger partial charge in [0.05, 0.1) is 24.9 Å². The lowest BCUT2D eigenvalue weighted by atomic mass is 9.55. The molecular weight excluding hydrogens is 256 g/mol. The molecule has 0 aromatic heterocycles. The molecule has 0 aromatic rings. The normalized spacial score (nSPS) is 47.8. The van der Waals surface area contributed by atoms with Gasteiger partial charge in [0.25, 0.3) is 0 Å². The quantitative estimate of drug-likeness (QED) is 0.802. The van der Waals surface area contributed by atoms with E-state index in [0.29, 0.717) is 30.6 Å². The number of hydrogen-bond acceptors (Lipinski definition) is 4. The predicted molar refractivity (Wildman–Crippen MR) is 74.1 cm³/mol. The predicted octanol–water partition coefficient (Wildman–Crippen LogP) is 1.53. The van der Waals surface area contributed by atoms with Gasteiger partial charge >= 0.3 is 0 Å². The molecule has 2 N–H and O–H groups in total. The summed E-state index contributed by atoms with van der Waals surface area (Å²) >= 11 is 0. The summed E-state index contributed by atoms with van der Waals surface area (Å²) in [6.07, 6.45) is 4.03. The van der Waals surface area contributed by atoms with Crippen LogP contribution in [0.2, 0.25) is 0 Å². The topological polar surface area (TPSA) is 66.8 Å². The average Bonchev–Trinajstić information content (AvgIpc) is 2.79. The van der Waals surface area contributed by atoms with Crippen molar-refractivity contribution in [2.45, 2.75) is 57.7 Å². The zero-order chi connectivity index (χ0) is 14.5. The van der Waals surface area contributed by atoms with E-state index < -0.39 is 5.60 Å². The van der Waals surface area contributed by atoms with Gasteiger partial charge < -0.3 is 14.9 Å². The molecule has 0 bridgehead atoms. The standard InChI is InChI=1S/C16H26O4/c1-3-11-7-16(19)8-12(10(2)20-5-4-17)6-15(16)9-13(18)14(11)15/h10-12,14,17,19H,3-9H2,1-2H3. The van der Waals surface area contributed by atoms with Crippen molar-refractivity contribution in [1.29, 1.82) is 0 Å². The monoisotopic (exact) mass is 282 g/mol. The minimum absolute atomic E-state index is 0.0332. The second kappa shape index (κ2) is 4.79. The van der Waals surface area contributed by atoms with E-state index in [9.17, 15) is 9.90 Å². The number of aliphatic hydroxyl groups is 2. The van der Waals surface area contributed by atoms with Crippen LogP contribution < -0.4 is 0 Å². The fourth-order valence-corrected chi connectivity index (χ4v) is 5.37. The van der Waals surface area contributed by atoms with E-state index in [-0.39, 0.29) is 24.0 Å². The van der Waals surface area contributed by atoms with Crippen LogP contribution in [0.1, 0.15) is 46.0 Å². The highest BCUT2D eigenvalue weighted by Gasteiger charge is 2.74. The number of ether oxygens (including phenoxy) is 1. The van der Waals surface area contributed by atoms with Crippen LogP contribution in [0.15, 0.2) is 0 Å². The lowest BCUT2D eigenvalue weighted by Gasteiger charge is -2.48. The van der Waals surface area contributed by atoms with Crippen LogP contribution in [-0.2, 0) is 9.53 Å². The number of aliphatic hydroxyl groups excluding tert-OH is 1. The second-order valence-corrected chi connectivity index (χ2v) is 7.15. The smallest absolute Gasteiger partial charge is 0.137 e. The number of Topliss-reactive ketones (excluding diaryl/α,β-unsaturated/α-hetero) is 1. The van der Waals surface area contributed by atoms with Gasteiger partial charge in [-0.05, 0) is 38.0 Å². The van der Waals surface area contributed by atoms with Crippen LogP contribution in [0.25, 0.3) is 0 Å². The van der Waals surface area contributed by atoms with E-state index in [1.165, 1.54) is 0 Å². The molecule has 0 radical (unpaired) electrons. The van der Waals surface area contributed by atoms with Crippen molar-refractivity contribution in [1.82, 2.24) is 0 Å². The molecule has 114 valence electrons. The highest BCUT2D eigenvalue weighted by atomic mass is 16.5. The van der Waals surface area contributed by atoms with Crippen molar-refractivity contribution in [3.63, 3.8) is 0 Å². The van der Waals surface area contributed by atoms with Gasteiger partial charge in [-0.1, -0.05) is 13.3 Å². The molecular formula is C16H26O4. The number of carbonyl (C=O) groups is 1. The third-order valence-corrected chi connectivity index (χ3v) is 6.32. The lowest BCUT2D eigenvalue weighted by Crippen LogP contribution is -2.54. The summed E-state index contributed by atoms with van der Waals surface area (Å²) in [5.74, 6) is 1.13. The zero-order valence-corrected chi connectivity index (χ0v) is 12.5. The molecule has 0 aromatic carbocycles. The van der Waals surface area contributed by atoms with Gasteiger partial charge in [-0.25, -0.2) is 0 Å². The Kier molecular flexibility index (Phi) is 3.47. The summed E-state index contributed by atoms with van der Waals surface area (Å²) in [5.41, 5.74) is -0.819. The minimum atomic E-state index is -0.659. The highest BCUT2D eigenvalue weighted by molar-refractivity contribution is 5.91. The Hall–Kier alpha value is -0.450. The van der Waals surface area contributed by atoms with Crippen LogP contribution in [0.5, 0.6) is 0 Å². The number of carbonyl (C=O) groups excluding carboxylic acids is 1. The highest BCUT2D eigenvalue weighted by Crippen LogP contribution is 2.71. The molecule has 4 nitrogen and oxygen atoms in total. The van der Waals surface area contributed by atoms with Crippen molar-refractivity contribution >= 4 is 5.78 Å². The molecule has 3 aliphatic carbocycles. The molecule has 6 atom stereocenters. The summed E-state index contributed by atoms with van der Waals surface area (Å²) in [4.78, 5) is 12.0. The van der Waals surface area contributed by atoms with Gasteiger partial charge in [-0.3, -0.25) is 4.79 Å². The summed E-state index contributed by atoms with van der Waals surface area (Å²) < 4.78 is 5.62.